The fourth-order valence-corrected chi connectivity index (χ4v) is 2.23. The van der Waals surface area contributed by atoms with Crippen molar-refractivity contribution in [1.82, 2.24) is 15.1 Å². The van der Waals surface area contributed by atoms with Gasteiger partial charge in [0.1, 0.15) is 0 Å². The third-order valence-corrected chi connectivity index (χ3v) is 3.45. The molecular weight excluding hydrogens is 242 g/mol. The van der Waals surface area contributed by atoms with Crippen LogP contribution in [0.4, 0.5) is 0 Å². The van der Waals surface area contributed by atoms with E-state index in [-0.39, 0.29) is 11.1 Å². The van der Waals surface area contributed by atoms with Gasteiger partial charge in [-0.1, -0.05) is 12.1 Å². The topological polar surface area (TPSA) is 66.9 Å². The van der Waals surface area contributed by atoms with Gasteiger partial charge in [0.05, 0.1) is 10.8 Å². The average molecular weight is 259 g/mol. The van der Waals surface area contributed by atoms with Crippen LogP contribution in [0.15, 0.2) is 33.9 Å². The Hall–Kier alpha value is -1.88. The Kier molecular flexibility index (Phi) is 3.21. The number of hydrogen-bond acceptors (Lipinski definition) is 3. The summed E-state index contributed by atoms with van der Waals surface area (Å²) < 4.78 is 1.42. The monoisotopic (exact) mass is 259 g/mol. The molecule has 19 heavy (non-hydrogen) atoms. The summed E-state index contributed by atoms with van der Waals surface area (Å²) >= 11 is 0. The van der Waals surface area contributed by atoms with Gasteiger partial charge >= 0.3 is 0 Å². The number of aromatic nitrogens is 2. The third kappa shape index (κ3) is 2.61. The molecule has 0 aliphatic heterocycles. The van der Waals surface area contributed by atoms with E-state index in [0.29, 0.717) is 23.4 Å². The molecule has 1 aromatic heterocycles. The lowest BCUT2D eigenvalue weighted by molar-refractivity contribution is 0.520. The van der Waals surface area contributed by atoms with E-state index in [1.54, 1.807) is 24.3 Å². The van der Waals surface area contributed by atoms with E-state index in [0.717, 1.165) is 13.0 Å². The molecule has 5 nitrogen and oxygen atoms in total. The van der Waals surface area contributed by atoms with Gasteiger partial charge in [-0.2, -0.15) is 0 Å². The number of rotatable bonds is 5. The number of benzene rings is 1. The van der Waals surface area contributed by atoms with Crippen molar-refractivity contribution in [2.45, 2.75) is 31.8 Å². The molecule has 2 N–H and O–H groups in total. The highest BCUT2D eigenvalue weighted by Gasteiger charge is 2.19. The molecule has 0 spiro atoms. The summed E-state index contributed by atoms with van der Waals surface area (Å²) in [6.07, 6.45) is 3.35. The van der Waals surface area contributed by atoms with E-state index in [1.165, 1.54) is 17.5 Å². The fourth-order valence-electron chi connectivity index (χ4n) is 2.23. The Morgan fingerprint density at radius 2 is 1.95 bits per heavy atom. The average Bonchev–Trinajstić information content (AvgIpc) is 3.24. The van der Waals surface area contributed by atoms with Crippen molar-refractivity contribution < 1.29 is 0 Å². The summed E-state index contributed by atoms with van der Waals surface area (Å²) in [5.41, 5.74) is -0.327. The van der Waals surface area contributed by atoms with E-state index in [1.807, 2.05) is 0 Å². The minimum Gasteiger partial charge on any atom is -0.314 e. The molecule has 1 heterocycles. The number of fused-ring (bicyclic) bond motifs is 1. The molecule has 0 atom stereocenters. The van der Waals surface area contributed by atoms with Crippen molar-refractivity contribution in [2.75, 3.05) is 6.54 Å². The highest BCUT2D eigenvalue weighted by Crippen LogP contribution is 2.18. The molecule has 0 radical (unpaired) electrons. The van der Waals surface area contributed by atoms with E-state index < -0.39 is 0 Å². The molecular formula is C14H17N3O2. The van der Waals surface area contributed by atoms with Gasteiger partial charge in [-0.15, -0.1) is 0 Å². The van der Waals surface area contributed by atoms with Crippen LogP contribution in [0.5, 0.6) is 0 Å². The number of aryl methyl sites for hydroxylation is 1. The first kappa shape index (κ1) is 12.2. The van der Waals surface area contributed by atoms with Gasteiger partial charge in [0.2, 0.25) is 0 Å². The van der Waals surface area contributed by atoms with Crippen LogP contribution in [0.3, 0.4) is 0 Å². The predicted molar refractivity (Wildman–Crippen MR) is 74.5 cm³/mol. The van der Waals surface area contributed by atoms with Gasteiger partial charge < -0.3 is 5.32 Å². The van der Waals surface area contributed by atoms with Crippen molar-refractivity contribution in [3.8, 4) is 0 Å². The summed E-state index contributed by atoms with van der Waals surface area (Å²) in [5, 5.41) is 6.98. The minimum absolute atomic E-state index is 0.123. The lowest BCUT2D eigenvalue weighted by atomic mass is 10.2. The van der Waals surface area contributed by atoms with Gasteiger partial charge in [0, 0.05) is 12.6 Å². The zero-order valence-corrected chi connectivity index (χ0v) is 10.7. The van der Waals surface area contributed by atoms with Gasteiger partial charge in [-0.05, 0) is 37.9 Å². The van der Waals surface area contributed by atoms with Crippen LogP contribution in [0.2, 0.25) is 0 Å². The van der Waals surface area contributed by atoms with Crippen LogP contribution >= 0.6 is 0 Å². The molecule has 1 aliphatic carbocycles. The van der Waals surface area contributed by atoms with Crippen LogP contribution in [-0.2, 0) is 6.54 Å². The molecule has 1 aliphatic rings. The quantitative estimate of drug-likeness (QED) is 0.782. The first-order valence-electron chi connectivity index (χ1n) is 6.71. The third-order valence-electron chi connectivity index (χ3n) is 3.45. The molecule has 0 bridgehead atoms. The normalized spacial score (nSPS) is 14.9. The summed E-state index contributed by atoms with van der Waals surface area (Å²) in [5.74, 6) is 0. The zero-order valence-electron chi connectivity index (χ0n) is 10.7. The second-order valence-corrected chi connectivity index (χ2v) is 5.03. The molecule has 0 amide bonds. The van der Waals surface area contributed by atoms with Crippen molar-refractivity contribution in [2.24, 2.45) is 0 Å². The Balaban J connectivity index is 1.80. The van der Waals surface area contributed by atoms with Crippen molar-refractivity contribution in [1.29, 1.82) is 0 Å². The first-order chi connectivity index (χ1) is 9.25. The second kappa shape index (κ2) is 5.01. The highest BCUT2D eigenvalue weighted by atomic mass is 16.2. The maximum Gasteiger partial charge on any atom is 0.273 e. The number of aromatic amines is 1. The van der Waals surface area contributed by atoms with Crippen LogP contribution in [0.1, 0.15) is 19.3 Å². The van der Waals surface area contributed by atoms with E-state index in [4.69, 9.17) is 0 Å². The first-order valence-corrected chi connectivity index (χ1v) is 6.71. The molecule has 0 unspecified atom stereocenters. The number of nitrogens with one attached hydrogen (secondary N) is 2. The van der Waals surface area contributed by atoms with Gasteiger partial charge in [0.15, 0.2) is 0 Å². The van der Waals surface area contributed by atoms with Crippen LogP contribution in [-0.4, -0.2) is 22.4 Å². The summed E-state index contributed by atoms with van der Waals surface area (Å²) in [4.78, 5) is 24.1. The molecule has 0 saturated heterocycles. The van der Waals surface area contributed by atoms with Crippen molar-refractivity contribution in [3.63, 3.8) is 0 Å². The Labute approximate surface area is 110 Å². The molecule has 100 valence electrons. The van der Waals surface area contributed by atoms with Gasteiger partial charge in [-0.25, -0.2) is 4.68 Å². The zero-order chi connectivity index (χ0) is 13.2. The second-order valence-electron chi connectivity index (χ2n) is 5.03. The van der Waals surface area contributed by atoms with Crippen LogP contribution < -0.4 is 16.4 Å². The van der Waals surface area contributed by atoms with Gasteiger partial charge in [0.25, 0.3) is 11.1 Å². The summed E-state index contributed by atoms with van der Waals surface area (Å²) in [6, 6.07) is 7.59. The fraction of sp³-hybridized carbons (Fsp3) is 0.429. The Morgan fingerprint density at radius 3 is 2.68 bits per heavy atom. The van der Waals surface area contributed by atoms with Gasteiger partial charge in [-0.3, -0.25) is 14.7 Å². The maximum atomic E-state index is 12.2. The Morgan fingerprint density at radius 1 is 1.21 bits per heavy atom. The largest absolute Gasteiger partial charge is 0.314 e. The number of H-pyrrole nitrogens is 1. The molecule has 1 aromatic carbocycles. The molecule has 1 fully saturated rings. The Bertz CT molecular complexity index is 698. The van der Waals surface area contributed by atoms with Crippen LogP contribution in [0, 0.1) is 0 Å². The predicted octanol–water partition coefficient (Wildman–Crippen LogP) is 0.832. The van der Waals surface area contributed by atoms with E-state index >= 15 is 0 Å². The van der Waals surface area contributed by atoms with E-state index in [9.17, 15) is 9.59 Å². The standard InChI is InChI=1S/C14H17N3O2/c18-13-11-4-1-2-5-12(11)14(19)17(16-13)9-3-8-15-10-6-7-10/h1-2,4-5,10,15H,3,6-9H2,(H,16,18). The molecule has 1 saturated carbocycles. The molecule has 3 rings (SSSR count). The SMILES string of the molecule is O=c1[nH]n(CCCNC2CC2)c(=O)c2ccccc12. The summed E-state index contributed by atoms with van der Waals surface area (Å²) in [7, 11) is 0. The smallest absolute Gasteiger partial charge is 0.273 e. The van der Waals surface area contributed by atoms with Crippen molar-refractivity contribution >= 4 is 10.8 Å². The number of hydrogen-bond donors (Lipinski definition) is 2. The van der Waals surface area contributed by atoms with Crippen LogP contribution in [0.25, 0.3) is 10.8 Å². The van der Waals surface area contributed by atoms with E-state index in [2.05, 4.69) is 10.4 Å². The lowest BCUT2D eigenvalue weighted by Crippen LogP contribution is -2.31. The number of nitrogens with zero attached hydrogens (tertiary/aromatic N) is 1. The minimum atomic E-state index is -0.203. The molecule has 2 aromatic rings. The molecule has 5 heteroatoms. The summed E-state index contributed by atoms with van der Waals surface area (Å²) in [6.45, 7) is 1.42. The maximum absolute atomic E-state index is 12.2. The lowest BCUT2D eigenvalue weighted by Gasteiger charge is -2.07. The highest BCUT2D eigenvalue weighted by molar-refractivity contribution is 5.80. The van der Waals surface area contributed by atoms with Crippen molar-refractivity contribution in [3.05, 3.63) is 45.0 Å².